The van der Waals surface area contributed by atoms with Crippen molar-refractivity contribution < 1.29 is 4.79 Å². The van der Waals surface area contributed by atoms with Crippen molar-refractivity contribution in [3.8, 4) is 0 Å². The number of aromatic nitrogens is 1. The van der Waals surface area contributed by atoms with Gasteiger partial charge in [0.25, 0.3) is 5.91 Å². The molecule has 4 N–H and O–H groups in total. The molecule has 0 aromatic carbocycles. The number of nitrogens with one attached hydrogen (secondary N) is 2. The van der Waals surface area contributed by atoms with Crippen LogP contribution in [0.5, 0.6) is 0 Å². The van der Waals surface area contributed by atoms with Gasteiger partial charge in [-0.3, -0.25) is 9.69 Å². The van der Waals surface area contributed by atoms with Crippen molar-refractivity contribution in [2.24, 2.45) is 5.73 Å². The predicted octanol–water partition coefficient (Wildman–Crippen LogP) is -0.502. The van der Waals surface area contributed by atoms with Crippen LogP contribution in [0.1, 0.15) is 10.5 Å². The van der Waals surface area contributed by atoms with E-state index in [1.54, 1.807) is 12.1 Å². The molecule has 6 nitrogen and oxygen atoms in total. The Morgan fingerprint density at radius 3 is 2.94 bits per heavy atom. The third kappa shape index (κ3) is 3.68. The number of carbonyl (C=O) groups excluding carboxylic acids is 1. The maximum atomic E-state index is 11.0. The normalized spacial score (nSPS) is 16.4. The first kappa shape index (κ1) is 12.8. The van der Waals surface area contributed by atoms with Gasteiger partial charge < -0.3 is 16.4 Å². The average molecular weight is 249 g/mol. The van der Waals surface area contributed by atoms with E-state index in [-0.39, 0.29) is 0 Å². The summed E-state index contributed by atoms with van der Waals surface area (Å²) < 4.78 is 0. The minimum Gasteiger partial charge on any atom is -0.369 e. The van der Waals surface area contributed by atoms with Crippen LogP contribution >= 0.6 is 0 Å². The van der Waals surface area contributed by atoms with Crippen LogP contribution in [0.25, 0.3) is 0 Å². The lowest BCUT2D eigenvalue weighted by Gasteiger charge is -2.27. The Hall–Kier alpha value is -1.66. The maximum Gasteiger partial charge on any atom is 0.267 e. The molecule has 0 unspecified atom stereocenters. The summed E-state index contributed by atoms with van der Waals surface area (Å²) in [7, 11) is 0. The van der Waals surface area contributed by atoms with Crippen LogP contribution in [0, 0.1) is 0 Å². The zero-order chi connectivity index (χ0) is 12.8. The number of pyridine rings is 1. The van der Waals surface area contributed by atoms with Gasteiger partial charge in [0.2, 0.25) is 0 Å². The molecule has 18 heavy (non-hydrogen) atoms. The Bertz CT molecular complexity index is 403. The highest BCUT2D eigenvalue weighted by molar-refractivity contribution is 5.91. The van der Waals surface area contributed by atoms with Crippen LogP contribution in [0.15, 0.2) is 18.2 Å². The van der Waals surface area contributed by atoms with Gasteiger partial charge in [0, 0.05) is 39.3 Å². The van der Waals surface area contributed by atoms with Crippen molar-refractivity contribution in [3.63, 3.8) is 0 Å². The average Bonchev–Trinajstić information content (AvgIpc) is 2.40. The van der Waals surface area contributed by atoms with Crippen molar-refractivity contribution in [1.82, 2.24) is 15.2 Å². The summed E-state index contributed by atoms with van der Waals surface area (Å²) >= 11 is 0. The van der Waals surface area contributed by atoms with E-state index in [9.17, 15) is 4.79 Å². The number of piperazine rings is 1. The molecule has 6 heteroatoms. The van der Waals surface area contributed by atoms with Crippen LogP contribution in [0.2, 0.25) is 0 Å². The minimum absolute atomic E-state index is 0.294. The van der Waals surface area contributed by atoms with Gasteiger partial charge in [-0.25, -0.2) is 4.98 Å². The van der Waals surface area contributed by atoms with E-state index < -0.39 is 5.91 Å². The van der Waals surface area contributed by atoms with E-state index in [4.69, 9.17) is 5.73 Å². The number of nitrogens with two attached hydrogens (primary N) is 1. The van der Waals surface area contributed by atoms with E-state index in [0.717, 1.165) is 39.3 Å². The van der Waals surface area contributed by atoms with E-state index in [0.29, 0.717) is 11.5 Å². The summed E-state index contributed by atoms with van der Waals surface area (Å²) in [6.45, 7) is 6.05. The van der Waals surface area contributed by atoms with Gasteiger partial charge in [0.1, 0.15) is 11.5 Å². The van der Waals surface area contributed by atoms with Gasteiger partial charge >= 0.3 is 0 Å². The Balaban J connectivity index is 1.78. The number of carbonyl (C=O) groups is 1. The molecule has 0 bridgehead atoms. The molecular formula is C12H19N5O. The SMILES string of the molecule is NC(=O)c1cccc(NCCN2CCNCC2)n1. The third-order valence-corrected chi connectivity index (χ3v) is 2.95. The first-order valence-electron chi connectivity index (χ1n) is 6.19. The molecule has 2 rings (SSSR count). The second-order valence-electron chi connectivity index (χ2n) is 4.29. The highest BCUT2D eigenvalue weighted by Gasteiger charge is 2.08. The summed E-state index contributed by atoms with van der Waals surface area (Å²) in [5, 5.41) is 6.52. The fourth-order valence-corrected chi connectivity index (χ4v) is 1.95. The molecule has 1 aliphatic heterocycles. The van der Waals surface area contributed by atoms with Crippen molar-refractivity contribution >= 4 is 11.7 Å². The van der Waals surface area contributed by atoms with Gasteiger partial charge in [-0.2, -0.15) is 0 Å². The van der Waals surface area contributed by atoms with Crippen molar-refractivity contribution in [3.05, 3.63) is 23.9 Å². The fourth-order valence-electron chi connectivity index (χ4n) is 1.95. The molecule has 1 fully saturated rings. The van der Waals surface area contributed by atoms with Gasteiger partial charge in [-0.1, -0.05) is 6.07 Å². The molecule has 1 aromatic rings. The summed E-state index contributed by atoms with van der Waals surface area (Å²) in [6.07, 6.45) is 0. The Morgan fingerprint density at radius 2 is 2.22 bits per heavy atom. The largest absolute Gasteiger partial charge is 0.369 e. The first-order valence-corrected chi connectivity index (χ1v) is 6.19. The van der Waals surface area contributed by atoms with Gasteiger partial charge in [0.15, 0.2) is 0 Å². The van der Waals surface area contributed by atoms with Crippen LogP contribution < -0.4 is 16.4 Å². The smallest absolute Gasteiger partial charge is 0.267 e. The zero-order valence-corrected chi connectivity index (χ0v) is 10.4. The van der Waals surface area contributed by atoms with E-state index in [1.807, 2.05) is 6.07 Å². The topological polar surface area (TPSA) is 83.3 Å². The molecule has 1 aromatic heterocycles. The van der Waals surface area contributed by atoms with Crippen LogP contribution in [-0.2, 0) is 0 Å². The molecule has 1 saturated heterocycles. The van der Waals surface area contributed by atoms with Gasteiger partial charge in [0.05, 0.1) is 0 Å². The molecule has 98 valence electrons. The molecule has 0 spiro atoms. The summed E-state index contributed by atoms with van der Waals surface area (Å²) in [5.74, 6) is 0.196. The van der Waals surface area contributed by atoms with Crippen molar-refractivity contribution in [2.45, 2.75) is 0 Å². The number of hydrogen-bond acceptors (Lipinski definition) is 5. The zero-order valence-electron chi connectivity index (χ0n) is 10.4. The molecule has 2 heterocycles. The lowest BCUT2D eigenvalue weighted by molar-refractivity contribution is 0.0995. The first-order chi connectivity index (χ1) is 8.75. The van der Waals surface area contributed by atoms with Crippen LogP contribution in [0.4, 0.5) is 5.82 Å². The minimum atomic E-state index is -0.499. The molecule has 0 saturated carbocycles. The lowest BCUT2D eigenvalue weighted by Crippen LogP contribution is -2.45. The molecule has 0 aliphatic carbocycles. The number of primary amides is 1. The Kier molecular flexibility index (Phi) is 4.49. The van der Waals surface area contributed by atoms with Gasteiger partial charge in [-0.15, -0.1) is 0 Å². The molecular weight excluding hydrogens is 230 g/mol. The van der Waals surface area contributed by atoms with Crippen LogP contribution in [-0.4, -0.2) is 55.1 Å². The number of nitrogens with zero attached hydrogens (tertiary/aromatic N) is 2. The predicted molar refractivity (Wildman–Crippen MR) is 70.6 cm³/mol. The van der Waals surface area contributed by atoms with Crippen molar-refractivity contribution in [1.29, 1.82) is 0 Å². The fraction of sp³-hybridized carbons (Fsp3) is 0.500. The molecule has 0 radical (unpaired) electrons. The van der Waals surface area contributed by atoms with E-state index in [1.165, 1.54) is 0 Å². The molecule has 1 amide bonds. The number of anilines is 1. The Morgan fingerprint density at radius 1 is 1.44 bits per heavy atom. The second kappa shape index (κ2) is 6.32. The quantitative estimate of drug-likeness (QED) is 0.655. The maximum absolute atomic E-state index is 11.0. The standard InChI is InChI=1S/C12H19N5O/c13-12(18)10-2-1-3-11(16-10)15-6-9-17-7-4-14-5-8-17/h1-3,14H,4-9H2,(H2,13,18)(H,15,16). The summed E-state index contributed by atoms with van der Waals surface area (Å²) in [5.41, 5.74) is 5.48. The highest BCUT2D eigenvalue weighted by Crippen LogP contribution is 2.04. The monoisotopic (exact) mass is 249 g/mol. The van der Waals surface area contributed by atoms with Crippen LogP contribution in [0.3, 0.4) is 0 Å². The molecule has 1 aliphatic rings. The summed E-state index contributed by atoms with van der Waals surface area (Å²) in [4.78, 5) is 17.5. The highest BCUT2D eigenvalue weighted by atomic mass is 16.1. The van der Waals surface area contributed by atoms with E-state index in [2.05, 4.69) is 20.5 Å². The second-order valence-corrected chi connectivity index (χ2v) is 4.29. The number of amides is 1. The van der Waals surface area contributed by atoms with E-state index >= 15 is 0 Å². The lowest BCUT2D eigenvalue weighted by atomic mass is 10.3. The Labute approximate surface area is 107 Å². The molecule has 0 atom stereocenters. The van der Waals surface area contributed by atoms with Gasteiger partial charge in [-0.05, 0) is 12.1 Å². The van der Waals surface area contributed by atoms with Crippen molar-refractivity contribution in [2.75, 3.05) is 44.6 Å². The number of hydrogen-bond donors (Lipinski definition) is 3. The summed E-state index contributed by atoms with van der Waals surface area (Å²) in [6, 6.07) is 5.23. The third-order valence-electron chi connectivity index (χ3n) is 2.95. The number of rotatable bonds is 5.